The molecule has 0 aliphatic heterocycles. The second-order valence-corrected chi connectivity index (χ2v) is 2.97. The summed E-state index contributed by atoms with van der Waals surface area (Å²) in [6, 6.07) is 0.0848. The van der Waals surface area contributed by atoms with Gasteiger partial charge in [-0.3, -0.25) is 10.3 Å². The molecule has 11 heavy (non-hydrogen) atoms. The summed E-state index contributed by atoms with van der Waals surface area (Å²) in [6.45, 7) is 5.14. The fraction of sp³-hybridized carbons (Fsp3) is 0.875. The van der Waals surface area contributed by atoms with Crippen LogP contribution in [0.3, 0.4) is 0 Å². The molecule has 0 spiro atoms. The quantitative estimate of drug-likeness (QED) is 0.463. The third-order valence-corrected chi connectivity index (χ3v) is 1.98. The second kappa shape index (κ2) is 5.13. The zero-order chi connectivity index (χ0) is 8.85. The number of hydrogen-bond acceptors (Lipinski definition) is 2. The van der Waals surface area contributed by atoms with Crippen molar-refractivity contribution in [2.24, 2.45) is 5.73 Å². The Bertz CT molecular complexity index is 123. The molecule has 3 N–H and O–H groups in total. The van der Waals surface area contributed by atoms with Crippen LogP contribution in [0.1, 0.15) is 26.7 Å². The fourth-order valence-electron chi connectivity index (χ4n) is 0.839. The van der Waals surface area contributed by atoms with Crippen molar-refractivity contribution in [1.82, 2.24) is 4.90 Å². The van der Waals surface area contributed by atoms with Crippen LogP contribution in [-0.4, -0.2) is 30.4 Å². The molecule has 0 radical (unpaired) electrons. The largest absolute Gasteiger partial charge is 0.386 e. The first-order chi connectivity index (χ1) is 5.09. The van der Waals surface area contributed by atoms with Crippen LogP contribution < -0.4 is 5.73 Å². The van der Waals surface area contributed by atoms with Gasteiger partial charge in [-0.1, -0.05) is 13.3 Å². The molecule has 0 heterocycles. The average molecular weight is 157 g/mol. The highest BCUT2D eigenvalue weighted by Crippen LogP contribution is 1.97. The average Bonchev–Trinajstić information content (AvgIpc) is 1.98. The third kappa shape index (κ3) is 3.98. The Kier molecular flexibility index (Phi) is 4.86. The van der Waals surface area contributed by atoms with E-state index in [2.05, 4.69) is 11.8 Å². The van der Waals surface area contributed by atoms with Crippen molar-refractivity contribution in [3.63, 3.8) is 0 Å². The Morgan fingerprint density at radius 1 is 1.64 bits per heavy atom. The normalized spacial score (nSPS) is 13.5. The van der Waals surface area contributed by atoms with Crippen LogP contribution in [0.5, 0.6) is 0 Å². The summed E-state index contributed by atoms with van der Waals surface area (Å²) in [7, 11) is 2.00. The first-order valence-electron chi connectivity index (χ1n) is 4.13. The van der Waals surface area contributed by atoms with Crippen LogP contribution >= 0.6 is 0 Å². The lowest BCUT2D eigenvalue weighted by molar-refractivity contribution is 0.304. The van der Waals surface area contributed by atoms with E-state index in [-0.39, 0.29) is 11.9 Å². The standard InChI is InChI=1S/C8H19N3/c1-4-5-6-11(3)7(2)8(9)10/h7H,4-6H2,1-3H3,(H3,9,10)/t7-/m1/s1. The van der Waals surface area contributed by atoms with Gasteiger partial charge in [0.1, 0.15) is 5.84 Å². The van der Waals surface area contributed by atoms with Crippen molar-refractivity contribution in [3.8, 4) is 0 Å². The Morgan fingerprint density at radius 3 is 2.55 bits per heavy atom. The SMILES string of the molecule is CCCCN(C)[C@H](C)C(=N)N. The van der Waals surface area contributed by atoms with E-state index in [4.69, 9.17) is 11.1 Å². The van der Waals surface area contributed by atoms with Crippen molar-refractivity contribution >= 4 is 5.84 Å². The molecular formula is C8H19N3. The summed E-state index contributed by atoms with van der Waals surface area (Å²) < 4.78 is 0. The van der Waals surface area contributed by atoms with E-state index in [0.29, 0.717) is 0 Å². The van der Waals surface area contributed by atoms with E-state index in [0.717, 1.165) is 6.54 Å². The van der Waals surface area contributed by atoms with Gasteiger partial charge in [0, 0.05) is 0 Å². The summed E-state index contributed by atoms with van der Waals surface area (Å²) >= 11 is 0. The molecule has 3 nitrogen and oxygen atoms in total. The molecule has 0 amide bonds. The molecule has 0 aliphatic rings. The van der Waals surface area contributed by atoms with Crippen LogP contribution in [0.4, 0.5) is 0 Å². The Labute approximate surface area is 69.1 Å². The Balaban J connectivity index is 3.63. The number of nitrogens with zero attached hydrogens (tertiary/aromatic N) is 1. The highest BCUT2D eigenvalue weighted by atomic mass is 15.1. The van der Waals surface area contributed by atoms with Gasteiger partial charge in [0.25, 0.3) is 0 Å². The maximum atomic E-state index is 7.20. The summed E-state index contributed by atoms with van der Waals surface area (Å²) in [6.07, 6.45) is 2.36. The minimum absolute atomic E-state index is 0.0848. The highest BCUT2D eigenvalue weighted by molar-refractivity contribution is 5.82. The minimum Gasteiger partial charge on any atom is -0.386 e. The first kappa shape index (κ1) is 10.4. The molecule has 3 heteroatoms. The fourth-order valence-corrected chi connectivity index (χ4v) is 0.839. The lowest BCUT2D eigenvalue weighted by atomic mass is 10.2. The number of rotatable bonds is 5. The number of amidine groups is 1. The molecule has 0 bridgehead atoms. The minimum atomic E-state index is 0.0848. The summed E-state index contributed by atoms with van der Waals surface area (Å²) in [5.41, 5.74) is 5.35. The van der Waals surface area contributed by atoms with Crippen LogP contribution in [0.2, 0.25) is 0 Å². The molecule has 0 fully saturated rings. The van der Waals surface area contributed by atoms with Crippen molar-refractivity contribution < 1.29 is 0 Å². The van der Waals surface area contributed by atoms with Crippen LogP contribution in [0.25, 0.3) is 0 Å². The van der Waals surface area contributed by atoms with Gasteiger partial charge < -0.3 is 5.73 Å². The lowest BCUT2D eigenvalue weighted by Crippen LogP contribution is -2.40. The molecule has 0 rings (SSSR count). The number of unbranched alkanes of at least 4 members (excludes halogenated alkanes) is 1. The summed E-state index contributed by atoms with van der Waals surface area (Å²) in [4.78, 5) is 2.10. The summed E-state index contributed by atoms with van der Waals surface area (Å²) in [5.74, 6) is 0.253. The van der Waals surface area contributed by atoms with Gasteiger partial charge in [-0.15, -0.1) is 0 Å². The third-order valence-electron chi connectivity index (χ3n) is 1.98. The molecule has 0 saturated heterocycles. The van der Waals surface area contributed by atoms with E-state index in [1.54, 1.807) is 0 Å². The Morgan fingerprint density at radius 2 is 2.18 bits per heavy atom. The number of hydrogen-bond donors (Lipinski definition) is 2. The number of likely N-dealkylation sites (N-methyl/N-ethyl adjacent to an activating group) is 1. The van der Waals surface area contributed by atoms with Crippen LogP contribution in [0.15, 0.2) is 0 Å². The van der Waals surface area contributed by atoms with Gasteiger partial charge in [-0.05, 0) is 26.9 Å². The predicted molar refractivity (Wildman–Crippen MR) is 48.9 cm³/mol. The molecule has 0 unspecified atom stereocenters. The Hall–Kier alpha value is -0.570. The van der Waals surface area contributed by atoms with Gasteiger partial charge in [0.05, 0.1) is 6.04 Å². The molecule has 1 atom stereocenters. The predicted octanol–water partition coefficient (Wildman–Crippen LogP) is 1.04. The van der Waals surface area contributed by atoms with Gasteiger partial charge in [-0.2, -0.15) is 0 Å². The molecule has 0 aromatic carbocycles. The topological polar surface area (TPSA) is 53.1 Å². The molecule has 0 saturated carbocycles. The zero-order valence-electron chi connectivity index (χ0n) is 7.72. The van der Waals surface area contributed by atoms with Crippen molar-refractivity contribution in [1.29, 1.82) is 5.41 Å². The maximum absolute atomic E-state index is 7.20. The second-order valence-electron chi connectivity index (χ2n) is 2.97. The maximum Gasteiger partial charge on any atom is 0.108 e. The molecular weight excluding hydrogens is 138 g/mol. The van der Waals surface area contributed by atoms with Gasteiger partial charge >= 0.3 is 0 Å². The zero-order valence-corrected chi connectivity index (χ0v) is 7.72. The number of nitrogens with one attached hydrogen (secondary N) is 1. The lowest BCUT2D eigenvalue weighted by Gasteiger charge is -2.22. The van der Waals surface area contributed by atoms with Crippen molar-refractivity contribution in [2.45, 2.75) is 32.7 Å². The van der Waals surface area contributed by atoms with E-state index in [1.807, 2.05) is 14.0 Å². The van der Waals surface area contributed by atoms with E-state index >= 15 is 0 Å². The van der Waals surface area contributed by atoms with Crippen LogP contribution in [0, 0.1) is 5.41 Å². The molecule has 66 valence electrons. The summed E-state index contributed by atoms with van der Waals surface area (Å²) in [5, 5.41) is 7.20. The van der Waals surface area contributed by atoms with Gasteiger partial charge in [0.15, 0.2) is 0 Å². The van der Waals surface area contributed by atoms with Crippen molar-refractivity contribution in [3.05, 3.63) is 0 Å². The molecule has 0 aromatic rings. The van der Waals surface area contributed by atoms with E-state index in [1.165, 1.54) is 12.8 Å². The first-order valence-corrected chi connectivity index (χ1v) is 4.13. The highest BCUT2D eigenvalue weighted by Gasteiger charge is 2.09. The van der Waals surface area contributed by atoms with E-state index < -0.39 is 0 Å². The van der Waals surface area contributed by atoms with E-state index in [9.17, 15) is 0 Å². The molecule has 0 aliphatic carbocycles. The molecule has 0 aromatic heterocycles. The monoisotopic (exact) mass is 157 g/mol. The van der Waals surface area contributed by atoms with Gasteiger partial charge in [0.2, 0.25) is 0 Å². The van der Waals surface area contributed by atoms with Gasteiger partial charge in [-0.25, -0.2) is 0 Å². The smallest absolute Gasteiger partial charge is 0.108 e. The van der Waals surface area contributed by atoms with Crippen molar-refractivity contribution in [2.75, 3.05) is 13.6 Å². The number of nitrogens with two attached hydrogens (primary N) is 1. The van der Waals surface area contributed by atoms with Crippen LogP contribution in [-0.2, 0) is 0 Å².